The van der Waals surface area contributed by atoms with Gasteiger partial charge in [0.05, 0.1) is 5.69 Å². The van der Waals surface area contributed by atoms with Crippen LogP contribution in [0.25, 0.3) is 0 Å². The van der Waals surface area contributed by atoms with Gasteiger partial charge in [0.2, 0.25) is 10.0 Å². The molecule has 1 aromatic rings. The first-order chi connectivity index (χ1) is 9.51. The number of hydrogen-bond acceptors (Lipinski definition) is 3. The molecule has 1 saturated carbocycles. The maximum atomic E-state index is 12.3. The number of hydrogen-bond donors (Lipinski definition) is 1. The molecule has 1 aliphatic carbocycles. The zero-order chi connectivity index (χ0) is 14.6. The second kappa shape index (κ2) is 6.59. The minimum Gasteiger partial charge on any atom is -0.384 e. The van der Waals surface area contributed by atoms with E-state index in [9.17, 15) is 8.42 Å². The Balaban J connectivity index is 2.04. The van der Waals surface area contributed by atoms with E-state index in [0.717, 1.165) is 18.9 Å². The van der Waals surface area contributed by atoms with Crippen molar-refractivity contribution in [1.29, 1.82) is 0 Å². The SMILES string of the molecule is CN(C)S(=O)(=O)c1ccccc1NCCC1CCCC1. The number of nitrogens with zero attached hydrogens (tertiary/aromatic N) is 1. The van der Waals surface area contributed by atoms with Crippen molar-refractivity contribution in [3.05, 3.63) is 24.3 Å². The average Bonchev–Trinajstić information content (AvgIpc) is 2.92. The van der Waals surface area contributed by atoms with E-state index in [-0.39, 0.29) is 0 Å². The van der Waals surface area contributed by atoms with Crippen LogP contribution >= 0.6 is 0 Å². The normalized spacial score (nSPS) is 16.8. The third kappa shape index (κ3) is 3.52. The third-order valence-electron chi connectivity index (χ3n) is 3.99. The smallest absolute Gasteiger partial charge is 0.244 e. The lowest BCUT2D eigenvalue weighted by Gasteiger charge is -2.17. The van der Waals surface area contributed by atoms with Crippen molar-refractivity contribution in [3.63, 3.8) is 0 Å². The Morgan fingerprint density at radius 2 is 1.85 bits per heavy atom. The average molecular weight is 296 g/mol. The van der Waals surface area contributed by atoms with E-state index in [1.54, 1.807) is 26.2 Å². The summed E-state index contributed by atoms with van der Waals surface area (Å²) >= 11 is 0. The van der Waals surface area contributed by atoms with E-state index in [1.807, 2.05) is 12.1 Å². The van der Waals surface area contributed by atoms with Gasteiger partial charge in [-0.1, -0.05) is 37.8 Å². The molecule has 0 unspecified atom stereocenters. The van der Waals surface area contributed by atoms with Crippen molar-refractivity contribution < 1.29 is 8.42 Å². The summed E-state index contributed by atoms with van der Waals surface area (Å²) in [6, 6.07) is 7.13. The molecule has 0 radical (unpaired) electrons. The first-order valence-electron chi connectivity index (χ1n) is 7.27. The Bertz CT molecular complexity index is 535. The monoisotopic (exact) mass is 296 g/mol. The molecule has 112 valence electrons. The van der Waals surface area contributed by atoms with Gasteiger partial charge in [-0.2, -0.15) is 0 Å². The standard InChI is InChI=1S/C15H24N2O2S/c1-17(2)20(18,19)15-10-6-5-9-14(15)16-12-11-13-7-3-4-8-13/h5-6,9-10,13,16H,3-4,7-8,11-12H2,1-2H3. The van der Waals surface area contributed by atoms with Crippen molar-refractivity contribution in [3.8, 4) is 0 Å². The van der Waals surface area contributed by atoms with Gasteiger partial charge in [-0.05, 0) is 24.5 Å². The summed E-state index contributed by atoms with van der Waals surface area (Å²) in [5.74, 6) is 0.806. The van der Waals surface area contributed by atoms with Crippen molar-refractivity contribution in [2.45, 2.75) is 37.0 Å². The highest BCUT2D eigenvalue weighted by Gasteiger charge is 2.21. The summed E-state index contributed by atoms with van der Waals surface area (Å²) in [5.41, 5.74) is 0.708. The number of benzene rings is 1. The van der Waals surface area contributed by atoms with Crippen LogP contribution in [-0.4, -0.2) is 33.4 Å². The van der Waals surface area contributed by atoms with Crippen LogP contribution in [0.5, 0.6) is 0 Å². The minimum atomic E-state index is -3.39. The Hall–Kier alpha value is -1.07. The summed E-state index contributed by atoms with van der Waals surface area (Å²) in [5, 5.41) is 3.30. The Morgan fingerprint density at radius 1 is 1.20 bits per heavy atom. The van der Waals surface area contributed by atoms with Crippen molar-refractivity contribution >= 4 is 15.7 Å². The molecule has 0 bridgehead atoms. The zero-order valence-corrected chi connectivity index (χ0v) is 13.1. The van der Waals surface area contributed by atoms with Crippen LogP contribution in [0, 0.1) is 5.92 Å². The molecule has 0 aromatic heterocycles. The number of rotatable bonds is 6. The quantitative estimate of drug-likeness (QED) is 0.878. The van der Waals surface area contributed by atoms with Crippen LogP contribution < -0.4 is 5.32 Å². The largest absolute Gasteiger partial charge is 0.384 e. The van der Waals surface area contributed by atoms with E-state index < -0.39 is 10.0 Å². The topological polar surface area (TPSA) is 49.4 Å². The van der Waals surface area contributed by atoms with E-state index in [0.29, 0.717) is 10.6 Å². The van der Waals surface area contributed by atoms with Gasteiger partial charge in [0.1, 0.15) is 4.90 Å². The van der Waals surface area contributed by atoms with E-state index in [1.165, 1.54) is 30.0 Å². The fourth-order valence-corrected chi connectivity index (χ4v) is 3.81. The third-order valence-corrected chi connectivity index (χ3v) is 5.86. The highest BCUT2D eigenvalue weighted by Crippen LogP contribution is 2.28. The van der Waals surface area contributed by atoms with E-state index in [4.69, 9.17) is 0 Å². The second-order valence-electron chi connectivity index (χ2n) is 5.65. The molecule has 1 N–H and O–H groups in total. The zero-order valence-electron chi connectivity index (χ0n) is 12.3. The molecule has 2 rings (SSSR count). The molecular weight excluding hydrogens is 272 g/mol. The molecule has 0 saturated heterocycles. The molecule has 1 fully saturated rings. The van der Waals surface area contributed by atoms with Gasteiger partial charge in [0.15, 0.2) is 0 Å². The van der Waals surface area contributed by atoms with Gasteiger partial charge >= 0.3 is 0 Å². The van der Waals surface area contributed by atoms with Crippen LogP contribution in [0.2, 0.25) is 0 Å². The first-order valence-corrected chi connectivity index (χ1v) is 8.71. The maximum Gasteiger partial charge on any atom is 0.244 e. The highest BCUT2D eigenvalue weighted by molar-refractivity contribution is 7.89. The molecule has 4 nitrogen and oxygen atoms in total. The lowest BCUT2D eigenvalue weighted by atomic mass is 10.0. The lowest BCUT2D eigenvalue weighted by molar-refractivity contribution is 0.516. The molecule has 1 aromatic carbocycles. The molecule has 5 heteroatoms. The minimum absolute atomic E-state index is 0.358. The molecular formula is C15H24N2O2S. The first kappa shape index (κ1) is 15.3. The van der Waals surface area contributed by atoms with Crippen LogP contribution in [0.1, 0.15) is 32.1 Å². The Kier molecular flexibility index (Phi) is 5.05. The van der Waals surface area contributed by atoms with Gasteiger partial charge in [0, 0.05) is 20.6 Å². The lowest BCUT2D eigenvalue weighted by Crippen LogP contribution is -2.23. The van der Waals surface area contributed by atoms with Crippen molar-refractivity contribution in [1.82, 2.24) is 4.31 Å². The fourth-order valence-electron chi connectivity index (χ4n) is 2.74. The number of anilines is 1. The predicted octanol–water partition coefficient (Wildman–Crippen LogP) is 2.93. The molecule has 0 aliphatic heterocycles. The fraction of sp³-hybridized carbons (Fsp3) is 0.600. The van der Waals surface area contributed by atoms with Gasteiger partial charge in [-0.15, -0.1) is 0 Å². The molecule has 0 atom stereocenters. The summed E-state index contributed by atoms with van der Waals surface area (Å²) in [7, 11) is -0.266. The van der Waals surface area contributed by atoms with Crippen LogP contribution in [-0.2, 0) is 10.0 Å². The van der Waals surface area contributed by atoms with Gasteiger partial charge < -0.3 is 5.32 Å². The summed E-state index contributed by atoms with van der Waals surface area (Å²) < 4.78 is 25.8. The Labute approximate surface area is 122 Å². The molecule has 20 heavy (non-hydrogen) atoms. The van der Waals surface area contributed by atoms with Crippen LogP contribution in [0.3, 0.4) is 0 Å². The molecule has 1 aliphatic rings. The van der Waals surface area contributed by atoms with E-state index >= 15 is 0 Å². The number of nitrogens with one attached hydrogen (secondary N) is 1. The molecule has 0 amide bonds. The maximum absolute atomic E-state index is 12.3. The van der Waals surface area contributed by atoms with Gasteiger partial charge in [-0.3, -0.25) is 0 Å². The van der Waals surface area contributed by atoms with Gasteiger partial charge in [0.25, 0.3) is 0 Å². The Morgan fingerprint density at radius 3 is 2.50 bits per heavy atom. The van der Waals surface area contributed by atoms with Crippen LogP contribution in [0.15, 0.2) is 29.2 Å². The summed E-state index contributed by atoms with van der Waals surface area (Å²) in [4.78, 5) is 0.358. The van der Waals surface area contributed by atoms with Gasteiger partial charge in [-0.25, -0.2) is 12.7 Å². The van der Waals surface area contributed by atoms with E-state index in [2.05, 4.69) is 5.32 Å². The number of sulfonamides is 1. The van der Waals surface area contributed by atoms with Crippen LogP contribution in [0.4, 0.5) is 5.69 Å². The molecule has 0 spiro atoms. The highest BCUT2D eigenvalue weighted by atomic mass is 32.2. The summed E-state index contributed by atoms with van der Waals surface area (Å²) in [6.45, 7) is 0.838. The second-order valence-corrected chi connectivity index (χ2v) is 7.77. The molecule has 0 heterocycles. The predicted molar refractivity (Wildman–Crippen MR) is 82.4 cm³/mol. The van der Waals surface area contributed by atoms with Crippen molar-refractivity contribution in [2.75, 3.05) is 26.0 Å². The van der Waals surface area contributed by atoms with Crippen molar-refractivity contribution in [2.24, 2.45) is 5.92 Å². The number of para-hydroxylation sites is 1. The summed E-state index contributed by atoms with van der Waals surface area (Å²) in [6.07, 6.45) is 6.45.